The minimum Gasteiger partial charge on any atom is -0.393 e. The van der Waals surface area contributed by atoms with Crippen molar-refractivity contribution in [3.05, 3.63) is 30.6 Å². The van der Waals surface area contributed by atoms with Crippen molar-refractivity contribution in [1.29, 1.82) is 0 Å². The number of imidazole rings is 1. The maximum atomic E-state index is 10.4. The number of nitrogens with zero attached hydrogens (tertiary/aromatic N) is 2. The van der Waals surface area contributed by atoms with Crippen molar-refractivity contribution in [3.63, 3.8) is 0 Å². The van der Waals surface area contributed by atoms with Gasteiger partial charge in [0.2, 0.25) is 0 Å². The zero-order chi connectivity index (χ0) is 14.2. The zero-order valence-corrected chi connectivity index (χ0v) is 11.9. The predicted molar refractivity (Wildman–Crippen MR) is 78.3 cm³/mol. The number of hydrogen-bond donors (Lipinski definition) is 2. The van der Waals surface area contributed by atoms with Crippen LogP contribution in [-0.2, 0) is 6.54 Å². The summed E-state index contributed by atoms with van der Waals surface area (Å²) in [6.07, 6.45) is 5.25. The molecule has 4 nitrogen and oxygen atoms in total. The number of benzene rings is 1. The molecule has 108 valence electrons. The minimum atomic E-state index is -0.913. The summed E-state index contributed by atoms with van der Waals surface area (Å²) in [5.74, 6) is 0. The zero-order valence-electron chi connectivity index (χ0n) is 11.9. The van der Waals surface area contributed by atoms with Crippen LogP contribution in [0.3, 0.4) is 0 Å². The van der Waals surface area contributed by atoms with Crippen LogP contribution in [0.15, 0.2) is 30.6 Å². The Morgan fingerprint density at radius 1 is 1.30 bits per heavy atom. The van der Waals surface area contributed by atoms with Crippen LogP contribution < -0.4 is 0 Å². The highest BCUT2D eigenvalue weighted by atomic mass is 16.3. The molecule has 0 spiro atoms. The van der Waals surface area contributed by atoms with Crippen molar-refractivity contribution >= 4 is 11.0 Å². The SMILES string of the molecule is C[C@]1(Cn2cnc3ccccc32)CCC[C@@](O)(CO)C1. The molecule has 1 aromatic carbocycles. The van der Waals surface area contributed by atoms with Crippen molar-refractivity contribution in [3.8, 4) is 0 Å². The van der Waals surface area contributed by atoms with Gasteiger partial charge in [0.1, 0.15) is 0 Å². The lowest BCUT2D eigenvalue weighted by atomic mass is 9.68. The summed E-state index contributed by atoms with van der Waals surface area (Å²) in [5, 5.41) is 19.8. The van der Waals surface area contributed by atoms with Crippen LogP contribution in [0.2, 0.25) is 0 Å². The van der Waals surface area contributed by atoms with Gasteiger partial charge in [-0.1, -0.05) is 19.1 Å². The fraction of sp³-hybridized carbons (Fsp3) is 0.562. The predicted octanol–water partition coefficient (Wildman–Crippen LogP) is 2.34. The first-order valence-electron chi connectivity index (χ1n) is 7.27. The Bertz CT molecular complexity index is 609. The molecule has 0 amide bonds. The van der Waals surface area contributed by atoms with Crippen molar-refractivity contribution < 1.29 is 10.2 Å². The molecule has 1 fully saturated rings. The summed E-state index contributed by atoms with van der Waals surface area (Å²) < 4.78 is 2.17. The van der Waals surface area contributed by atoms with Crippen molar-refractivity contribution in [1.82, 2.24) is 9.55 Å². The monoisotopic (exact) mass is 274 g/mol. The molecule has 1 aromatic heterocycles. The first-order valence-corrected chi connectivity index (χ1v) is 7.27. The molecule has 4 heteroatoms. The largest absolute Gasteiger partial charge is 0.393 e. The topological polar surface area (TPSA) is 58.3 Å². The van der Waals surface area contributed by atoms with Gasteiger partial charge in [-0.25, -0.2) is 4.98 Å². The first-order chi connectivity index (χ1) is 9.54. The van der Waals surface area contributed by atoms with E-state index in [4.69, 9.17) is 0 Å². The fourth-order valence-electron chi connectivity index (χ4n) is 3.63. The van der Waals surface area contributed by atoms with Gasteiger partial charge in [-0.15, -0.1) is 0 Å². The van der Waals surface area contributed by atoms with Crippen molar-refractivity contribution in [2.45, 2.75) is 44.8 Å². The number of fused-ring (bicyclic) bond motifs is 1. The number of aliphatic hydroxyl groups is 2. The lowest BCUT2D eigenvalue weighted by Crippen LogP contribution is -2.44. The van der Waals surface area contributed by atoms with Crippen molar-refractivity contribution in [2.24, 2.45) is 5.41 Å². The molecule has 0 bridgehead atoms. The number of aromatic nitrogens is 2. The van der Waals surface area contributed by atoms with E-state index in [9.17, 15) is 10.2 Å². The van der Waals surface area contributed by atoms with E-state index in [2.05, 4.69) is 22.5 Å². The Hall–Kier alpha value is -1.39. The lowest BCUT2D eigenvalue weighted by Gasteiger charge is -2.42. The Morgan fingerprint density at radius 3 is 2.90 bits per heavy atom. The number of rotatable bonds is 3. The van der Waals surface area contributed by atoms with Crippen LogP contribution >= 0.6 is 0 Å². The van der Waals surface area contributed by atoms with Gasteiger partial charge in [-0.3, -0.25) is 0 Å². The minimum absolute atomic E-state index is 0.000792. The molecule has 0 unspecified atom stereocenters. The Labute approximate surface area is 119 Å². The number of aliphatic hydroxyl groups excluding tert-OH is 1. The van der Waals surface area contributed by atoms with Crippen LogP contribution in [0.4, 0.5) is 0 Å². The smallest absolute Gasteiger partial charge is 0.0958 e. The van der Waals surface area contributed by atoms with Crippen LogP contribution in [0.5, 0.6) is 0 Å². The quantitative estimate of drug-likeness (QED) is 0.903. The molecule has 0 radical (unpaired) electrons. The lowest BCUT2D eigenvalue weighted by molar-refractivity contribution is -0.0822. The standard InChI is InChI=1S/C16H22N2O2/c1-15(7-4-8-16(20,9-15)11-19)10-18-12-17-13-5-2-3-6-14(13)18/h2-3,5-6,12,19-20H,4,7-11H2,1H3/t15-,16-/m0/s1. The van der Waals surface area contributed by atoms with Gasteiger partial charge in [0.25, 0.3) is 0 Å². The van der Waals surface area contributed by atoms with Gasteiger partial charge in [-0.05, 0) is 43.2 Å². The van der Waals surface area contributed by atoms with Crippen LogP contribution in [0.25, 0.3) is 11.0 Å². The summed E-state index contributed by atoms with van der Waals surface area (Å²) in [4.78, 5) is 4.42. The highest BCUT2D eigenvalue weighted by molar-refractivity contribution is 5.74. The second-order valence-electron chi connectivity index (χ2n) is 6.58. The molecule has 1 saturated carbocycles. The van der Waals surface area contributed by atoms with Crippen molar-refractivity contribution in [2.75, 3.05) is 6.61 Å². The van der Waals surface area contributed by atoms with Gasteiger partial charge >= 0.3 is 0 Å². The molecular formula is C16H22N2O2. The Balaban J connectivity index is 1.86. The van der Waals surface area contributed by atoms with E-state index < -0.39 is 5.60 Å². The molecule has 3 rings (SSSR count). The van der Waals surface area contributed by atoms with E-state index in [0.29, 0.717) is 12.8 Å². The highest BCUT2D eigenvalue weighted by Crippen LogP contribution is 2.42. The summed E-state index contributed by atoms with van der Waals surface area (Å²) in [5.41, 5.74) is 1.22. The Morgan fingerprint density at radius 2 is 2.10 bits per heavy atom. The summed E-state index contributed by atoms with van der Waals surface area (Å²) in [6, 6.07) is 8.10. The summed E-state index contributed by atoms with van der Waals surface area (Å²) in [6.45, 7) is 2.88. The third-order valence-electron chi connectivity index (χ3n) is 4.55. The average Bonchev–Trinajstić information content (AvgIpc) is 2.82. The maximum Gasteiger partial charge on any atom is 0.0958 e. The molecular weight excluding hydrogens is 252 g/mol. The van der Waals surface area contributed by atoms with Gasteiger partial charge in [0.15, 0.2) is 0 Å². The van der Waals surface area contributed by atoms with Gasteiger partial charge in [0.05, 0.1) is 29.6 Å². The third-order valence-corrected chi connectivity index (χ3v) is 4.55. The van der Waals surface area contributed by atoms with E-state index in [1.165, 1.54) is 0 Å². The molecule has 2 atom stereocenters. The molecule has 20 heavy (non-hydrogen) atoms. The number of hydrogen-bond acceptors (Lipinski definition) is 3. The second kappa shape index (κ2) is 4.86. The summed E-state index contributed by atoms with van der Waals surface area (Å²) >= 11 is 0. The van der Waals surface area contributed by atoms with E-state index in [1.54, 1.807) is 0 Å². The highest BCUT2D eigenvalue weighted by Gasteiger charge is 2.40. The van der Waals surface area contributed by atoms with E-state index in [1.807, 2.05) is 24.5 Å². The molecule has 0 saturated heterocycles. The fourth-order valence-corrected chi connectivity index (χ4v) is 3.63. The van der Waals surface area contributed by atoms with Crippen LogP contribution in [-0.4, -0.2) is 32.0 Å². The van der Waals surface area contributed by atoms with Gasteiger partial charge < -0.3 is 14.8 Å². The molecule has 2 N–H and O–H groups in total. The number of para-hydroxylation sites is 2. The summed E-state index contributed by atoms with van der Waals surface area (Å²) in [7, 11) is 0. The van der Waals surface area contributed by atoms with Crippen LogP contribution in [0.1, 0.15) is 32.6 Å². The maximum absolute atomic E-state index is 10.4. The normalized spacial score (nSPS) is 30.8. The second-order valence-corrected chi connectivity index (χ2v) is 6.58. The van der Waals surface area contributed by atoms with Crippen LogP contribution in [0, 0.1) is 5.41 Å². The van der Waals surface area contributed by atoms with Gasteiger partial charge in [-0.2, -0.15) is 0 Å². The molecule has 1 heterocycles. The molecule has 0 aliphatic heterocycles. The van der Waals surface area contributed by atoms with Gasteiger partial charge in [0, 0.05) is 6.54 Å². The first kappa shape index (κ1) is 13.6. The molecule has 1 aliphatic carbocycles. The molecule has 1 aliphatic rings. The van der Waals surface area contributed by atoms with E-state index in [-0.39, 0.29) is 12.0 Å². The average molecular weight is 274 g/mol. The molecule has 2 aromatic rings. The van der Waals surface area contributed by atoms with E-state index in [0.717, 1.165) is 30.4 Å². The third kappa shape index (κ3) is 2.45. The van der Waals surface area contributed by atoms with E-state index >= 15 is 0 Å². The Kier molecular flexibility index (Phi) is 3.30.